The Labute approximate surface area is 191 Å². The number of thioether (sulfide) groups is 1. The van der Waals surface area contributed by atoms with Gasteiger partial charge >= 0.3 is 0 Å². The highest BCUT2D eigenvalue weighted by Crippen LogP contribution is 2.33. The van der Waals surface area contributed by atoms with E-state index in [-0.39, 0.29) is 5.91 Å². The lowest BCUT2D eigenvalue weighted by atomic mass is 10.2. The van der Waals surface area contributed by atoms with Gasteiger partial charge in [0, 0.05) is 23.1 Å². The van der Waals surface area contributed by atoms with Gasteiger partial charge in [-0.15, -0.1) is 11.3 Å². The molecule has 4 heterocycles. The lowest BCUT2D eigenvalue weighted by Crippen LogP contribution is -2.12. The van der Waals surface area contributed by atoms with E-state index < -0.39 is 0 Å². The zero-order valence-electron chi connectivity index (χ0n) is 16.8. The van der Waals surface area contributed by atoms with Crippen LogP contribution in [0.1, 0.15) is 6.42 Å². The Hall–Kier alpha value is -3.56. The van der Waals surface area contributed by atoms with Crippen molar-refractivity contribution in [2.24, 2.45) is 0 Å². The second kappa shape index (κ2) is 9.29. The Morgan fingerprint density at radius 1 is 1.00 bits per heavy atom. The smallest absolute Gasteiger partial charge is 0.226 e. The fourth-order valence-corrected chi connectivity index (χ4v) is 4.65. The second-order valence-corrected chi connectivity index (χ2v) is 8.71. The van der Waals surface area contributed by atoms with E-state index in [9.17, 15) is 4.79 Å². The molecule has 0 aliphatic heterocycles. The second-order valence-electron chi connectivity index (χ2n) is 6.77. The molecule has 5 aromatic rings. The van der Waals surface area contributed by atoms with E-state index in [0.717, 1.165) is 17.0 Å². The first-order valence-corrected chi connectivity index (χ1v) is 11.7. The minimum absolute atomic E-state index is 0.0875. The summed E-state index contributed by atoms with van der Waals surface area (Å²) < 4.78 is 11.0. The van der Waals surface area contributed by atoms with E-state index in [1.807, 2.05) is 60.0 Å². The maximum atomic E-state index is 12.4. The third-order valence-corrected chi connectivity index (χ3v) is 6.22. The Balaban J connectivity index is 1.20. The van der Waals surface area contributed by atoms with Gasteiger partial charge in [0.15, 0.2) is 21.8 Å². The summed E-state index contributed by atoms with van der Waals surface area (Å²) in [6, 6.07) is 17.2. The Kier molecular flexibility index (Phi) is 5.91. The van der Waals surface area contributed by atoms with Gasteiger partial charge in [0.2, 0.25) is 5.91 Å². The molecule has 0 aliphatic carbocycles. The lowest BCUT2D eigenvalue weighted by Gasteiger charge is -2.01. The Morgan fingerprint density at radius 3 is 2.53 bits per heavy atom. The molecule has 0 radical (unpaired) electrons. The molecule has 1 aromatic carbocycles. The molecule has 5 rings (SSSR count). The number of nitrogens with zero attached hydrogens (tertiary/aromatic N) is 2. The summed E-state index contributed by atoms with van der Waals surface area (Å²) in [6.45, 7) is 0. The van der Waals surface area contributed by atoms with Gasteiger partial charge < -0.3 is 19.1 Å². The maximum absolute atomic E-state index is 12.4. The average molecular weight is 463 g/mol. The van der Waals surface area contributed by atoms with Crippen molar-refractivity contribution in [1.29, 1.82) is 0 Å². The largest absolute Gasteiger partial charge is 0.463 e. The number of amides is 1. The van der Waals surface area contributed by atoms with Crippen molar-refractivity contribution in [2.75, 3.05) is 11.1 Å². The van der Waals surface area contributed by atoms with Crippen LogP contribution in [0.2, 0.25) is 0 Å². The fourth-order valence-electron chi connectivity index (χ4n) is 3.11. The third-order valence-electron chi connectivity index (χ3n) is 4.59. The quantitative estimate of drug-likeness (QED) is 0.268. The van der Waals surface area contributed by atoms with Crippen LogP contribution in [0.3, 0.4) is 0 Å². The van der Waals surface area contributed by atoms with Crippen molar-refractivity contribution < 1.29 is 13.6 Å². The van der Waals surface area contributed by atoms with Crippen molar-refractivity contribution in [3.8, 4) is 34.2 Å². The number of carbonyl (C=O) groups is 1. The first-order chi connectivity index (χ1) is 15.8. The van der Waals surface area contributed by atoms with Crippen LogP contribution >= 0.6 is 23.1 Å². The molecule has 9 heteroatoms. The van der Waals surface area contributed by atoms with E-state index in [1.54, 1.807) is 12.5 Å². The number of furan rings is 2. The molecule has 0 fully saturated rings. The van der Waals surface area contributed by atoms with Crippen molar-refractivity contribution in [2.45, 2.75) is 11.6 Å². The number of benzene rings is 1. The number of aromatic nitrogens is 3. The molecule has 0 saturated heterocycles. The number of hydrogen-bond acceptors (Lipinski definition) is 7. The summed E-state index contributed by atoms with van der Waals surface area (Å²) in [4.78, 5) is 24.8. The summed E-state index contributed by atoms with van der Waals surface area (Å²) in [6.07, 6.45) is 3.55. The number of rotatable bonds is 8. The van der Waals surface area contributed by atoms with E-state index in [1.165, 1.54) is 23.1 Å². The maximum Gasteiger partial charge on any atom is 0.226 e. The van der Waals surface area contributed by atoms with E-state index >= 15 is 0 Å². The summed E-state index contributed by atoms with van der Waals surface area (Å²) in [5.41, 5.74) is 3.30. The molecule has 0 saturated carbocycles. The zero-order valence-corrected chi connectivity index (χ0v) is 18.4. The highest BCUT2D eigenvalue weighted by Gasteiger charge is 2.18. The molecule has 32 heavy (non-hydrogen) atoms. The number of thiazole rings is 1. The average Bonchev–Trinajstić information content (AvgIpc) is 3.61. The summed E-state index contributed by atoms with van der Waals surface area (Å²) in [5, 5.41) is 6.10. The highest BCUT2D eigenvalue weighted by atomic mass is 32.2. The molecular formula is C23H18N4O3S2. The number of anilines is 1. The van der Waals surface area contributed by atoms with Crippen LogP contribution in [-0.2, 0) is 4.79 Å². The Morgan fingerprint density at radius 2 is 1.78 bits per heavy atom. The van der Waals surface area contributed by atoms with Crippen LogP contribution < -0.4 is 5.32 Å². The van der Waals surface area contributed by atoms with Crippen LogP contribution in [0.15, 0.2) is 86.5 Å². The number of nitrogens with one attached hydrogen (secondary N) is 2. The molecule has 7 nitrogen and oxygen atoms in total. The minimum atomic E-state index is -0.0875. The van der Waals surface area contributed by atoms with Crippen LogP contribution in [-0.4, -0.2) is 26.6 Å². The molecule has 0 spiro atoms. The summed E-state index contributed by atoms with van der Waals surface area (Å²) in [7, 11) is 0. The van der Waals surface area contributed by atoms with E-state index in [4.69, 9.17) is 8.83 Å². The molecule has 0 bridgehead atoms. The van der Waals surface area contributed by atoms with Gasteiger partial charge in [-0.2, -0.15) is 0 Å². The first-order valence-electron chi connectivity index (χ1n) is 9.87. The van der Waals surface area contributed by atoms with Gasteiger partial charge in [-0.1, -0.05) is 42.1 Å². The van der Waals surface area contributed by atoms with E-state index in [0.29, 0.717) is 39.7 Å². The third kappa shape index (κ3) is 4.53. The van der Waals surface area contributed by atoms with Crippen molar-refractivity contribution in [3.63, 3.8) is 0 Å². The number of hydrogen-bond donors (Lipinski definition) is 2. The topological polar surface area (TPSA) is 97.0 Å². The normalized spacial score (nSPS) is 11.0. The number of aromatic amines is 1. The molecule has 160 valence electrons. The molecule has 4 aromatic heterocycles. The van der Waals surface area contributed by atoms with Crippen LogP contribution in [0.5, 0.6) is 0 Å². The van der Waals surface area contributed by atoms with Crippen molar-refractivity contribution >= 4 is 34.1 Å². The summed E-state index contributed by atoms with van der Waals surface area (Å²) >= 11 is 2.88. The zero-order chi connectivity index (χ0) is 21.8. The van der Waals surface area contributed by atoms with Gasteiger partial charge in [-0.05, 0) is 24.3 Å². The SMILES string of the molecule is O=C(CCSc1nc(-c2ccco2)c(-c2ccco2)[nH]1)Nc1nc(-c2ccccc2)cs1. The first kappa shape index (κ1) is 20.3. The molecule has 2 N–H and O–H groups in total. The number of carbonyl (C=O) groups excluding carboxylic acids is 1. The van der Waals surface area contributed by atoms with Crippen molar-refractivity contribution in [3.05, 3.63) is 72.5 Å². The van der Waals surface area contributed by atoms with Gasteiger partial charge in [-0.3, -0.25) is 4.79 Å². The minimum Gasteiger partial charge on any atom is -0.463 e. The van der Waals surface area contributed by atoms with Crippen molar-refractivity contribution in [1.82, 2.24) is 15.0 Å². The predicted octanol–water partition coefficient (Wildman–Crippen LogP) is 6.17. The molecule has 0 unspecified atom stereocenters. The fraction of sp³-hybridized carbons (Fsp3) is 0.0870. The number of imidazole rings is 1. The van der Waals surface area contributed by atoms with Gasteiger partial charge in [0.05, 0.1) is 18.2 Å². The van der Waals surface area contributed by atoms with Crippen LogP contribution in [0.4, 0.5) is 5.13 Å². The summed E-state index contributed by atoms with van der Waals surface area (Å²) in [5.74, 6) is 1.79. The molecule has 0 atom stereocenters. The van der Waals surface area contributed by atoms with Gasteiger partial charge in [0.1, 0.15) is 11.4 Å². The predicted molar refractivity (Wildman–Crippen MR) is 126 cm³/mol. The van der Waals surface area contributed by atoms with Gasteiger partial charge in [-0.25, -0.2) is 9.97 Å². The van der Waals surface area contributed by atoms with Crippen LogP contribution in [0.25, 0.3) is 34.2 Å². The molecular weight excluding hydrogens is 444 g/mol. The molecule has 1 amide bonds. The lowest BCUT2D eigenvalue weighted by molar-refractivity contribution is -0.115. The monoisotopic (exact) mass is 462 g/mol. The van der Waals surface area contributed by atoms with Crippen LogP contribution in [0, 0.1) is 0 Å². The standard InChI is InChI=1S/C23H18N4O3S2/c28-19(25-22-24-16(14-32-22)15-6-2-1-3-7-15)10-13-31-23-26-20(17-8-4-11-29-17)21(27-23)18-9-5-12-30-18/h1-9,11-12,14H,10,13H2,(H,26,27)(H,24,25,28). The number of H-pyrrole nitrogens is 1. The highest BCUT2D eigenvalue weighted by molar-refractivity contribution is 7.99. The Bertz CT molecular complexity index is 1240. The van der Waals surface area contributed by atoms with E-state index in [2.05, 4.69) is 20.3 Å². The van der Waals surface area contributed by atoms with Gasteiger partial charge in [0.25, 0.3) is 0 Å². The molecule has 0 aliphatic rings.